The molecule has 1 aliphatic rings. The minimum Gasteiger partial charge on any atom is -0.369 e. The molecular formula is C18H22N2OS. The third-order valence-corrected chi connectivity index (χ3v) is 5.10. The van der Waals surface area contributed by atoms with Gasteiger partial charge < -0.3 is 4.90 Å². The second kappa shape index (κ2) is 7.07. The van der Waals surface area contributed by atoms with Gasteiger partial charge in [0.2, 0.25) is 0 Å². The van der Waals surface area contributed by atoms with Crippen LogP contribution in [0.15, 0.2) is 41.8 Å². The summed E-state index contributed by atoms with van der Waals surface area (Å²) < 4.78 is 0. The van der Waals surface area contributed by atoms with E-state index in [2.05, 4.69) is 41.0 Å². The number of carbonyl (C=O) groups excluding carboxylic acids is 1. The average Bonchev–Trinajstić information content (AvgIpc) is 3.08. The van der Waals surface area contributed by atoms with Gasteiger partial charge in [-0.05, 0) is 36.1 Å². The number of thiophene rings is 1. The second-order valence-electron chi connectivity index (χ2n) is 5.82. The van der Waals surface area contributed by atoms with Crippen LogP contribution >= 0.6 is 11.3 Å². The maximum absolute atomic E-state index is 12.0. The first-order chi connectivity index (χ1) is 10.7. The Hall–Kier alpha value is -1.65. The summed E-state index contributed by atoms with van der Waals surface area (Å²) in [4.78, 5) is 17.8. The first kappa shape index (κ1) is 15.3. The molecule has 0 bridgehead atoms. The van der Waals surface area contributed by atoms with Crippen molar-refractivity contribution in [2.45, 2.75) is 13.3 Å². The monoisotopic (exact) mass is 314 g/mol. The lowest BCUT2D eigenvalue weighted by Crippen LogP contribution is -2.46. The van der Waals surface area contributed by atoms with Gasteiger partial charge in [-0.1, -0.05) is 18.2 Å². The number of piperazine rings is 1. The number of Topliss-reactive ketones (excluding diaryl/α,β-unsaturated/α-hetero) is 1. The Morgan fingerprint density at radius 1 is 1.14 bits per heavy atom. The molecule has 116 valence electrons. The molecule has 2 heterocycles. The van der Waals surface area contributed by atoms with E-state index in [1.54, 1.807) is 11.3 Å². The Kier molecular flexibility index (Phi) is 4.90. The molecule has 0 saturated carbocycles. The van der Waals surface area contributed by atoms with Gasteiger partial charge >= 0.3 is 0 Å². The van der Waals surface area contributed by atoms with Crippen molar-refractivity contribution in [1.29, 1.82) is 0 Å². The second-order valence-corrected chi connectivity index (χ2v) is 6.77. The minimum absolute atomic E-state index is 0.274. The predicted octanol–water partition coefficient (Wildman–Crippen LogP) is 3.45. The van der Waals surface area contributed by atoms with Gasteiger partial charge in [0.1, 0.15) is 0 Å². The summed E-state index contributed by atoms with van der Waals surface area (Å²) in [6, 6.07) is 12.5. The lowest BCUT2D eigenvalue weighted by Gasteiger charge is -2.36. The van der Waals surface area contributed by atoms with E-state index in [4.69, 9.17) is 0 Å². The number of benzene rings is 1. The Bertz CT molecular complexity index is 616. The van der Waals surface area contributed by atoms with E-state index < -0.39 is 0 Å². The maximum atomic E-state index is 12.0. The zero-order valence-corrected chi connectivity index (χ0v) is 13.8. The molecule has 1 aromatic carbocycles. The van der Waals surface area contributed by atoms with Gasteiger partial charge in [0.15, 0.2) is 5.78 Å². The van der Waals surface area contributed by atoms with Crippen LogP contribution in [0.5, 0.6) is 0 Å². The molecule has 0 aliphatic carbocycles. The molecule has 0 unspecified atom stereocenters. The summed E-state index contributed by atoms with van der Waals surface area (Å²) in [5.74, 6) is 0.274. The summed E-state index contributed by atoms with van der Waals surface area (Å²) in [5, 5.41) is 1.97. The van der Waals surface area contributed by atoms with Crippen LogP contribution in [-0.2, 0) is 0 Å². The van der Waals surface area contributed by atoms with Crippen LogP contribution in [-0.4, -0.2) is 43.4 Å². The first-order valence-corrected chi connectivity index (χ1v) is 8.71. The number of anilines is 1. The number of carbonyl (C=O) groups is 1. The molecule has 1 aliphatic heterocycles. The van der Waals surface area contributed by atoms with E-state index in [0.717, 1.165) is 37.6 Å². The summed E-state index contributed by atoms with van der Waals surface area (Å²) >= 11 is 1.54. The molecule has 4 heteroatoms. The van der Waals surface area contributed by atoms with Gasteiger partial charge in [0, 0.05) is 44.8 Å². The Morgan fingerprint density at radius 2 is 1.95 bits per heavy atom. The Balaban J connectivity index is 1.47. The molecule has 0 N–H and O–H groups in total. The number of ketones is 1. The molecule has 0 atom stereocenters. The molecular weight excluding hydrogens is 292 g/mol. The van der Waals surface area contributed by atoms with Crippen LogP contribution in [0.2, 0.25) is 0 Å². The highest BCUT2D eigenvalue weighted by molar-refractivity contribution is 7.12. The number of rotatable bonds is 5. The topological polar surface area (TPSA) is 23.6 Å². The zero-order chi connectivity index (χ0) is 15.4. The van der Waals surface area contributed by atoms with E-state index >= 15 is 0 Å². The van der Waals surface area contributed by atoms with Crippen LogP contribution in [0.1, 0.15) is 21.7 Å². The van der Waals surface area contributed by atoms with Crippen molar-refractivity contribution in [3.8, 4) is 0 Å². The van der Waals surface area contributed by atoms with Crippen molar-refractivity contribution < 1.29 is 4.79 Å². The van der Waals surface area contributed by atoms with Crippen LogP contribution < -0.4 is 4.90 Å². The fourth-order valence-corrected chi connectivity index (χ4v) is 3.57. The third-order valence-electron chi connectivity index (χ3n) is 4.19. The molecule has 3 rings (SSSR count). The highest BCUT2D eigenvalue weighted by Crippen LogP contribution is 2.18. The smallest absolute Gasteiger partial charge is 0.174 e. The molecule has 1 fully saturated rings. The normalized spacial score (nSPS) is 16.0. The van der Waals surface area contributed by atoms with Crippen molar-refractivity contribution in [3.05, 3.63) is 52.2 Å². The van der Waals surface area contributed by atoms with Crippen molar-refractivity contribution in [2.75, 3.05) is 37.6 Å². The van der Waals surface area contributed by atoms with Crippen LogP contribution in [0.25, 0.3) is 0 Å². The van der Waals surface area contributed by atoms with Gasteiger partial charge in [-0.25, -0.2) is 0 Å². The number of hydrogen-bond acceptors (Lipinski definition) is 4. The molecule has 2 aromatic rings. The lowest BCUT2D eigenvalue weighted by molar-refractivity contribution is 0.0966. The number of aryl methyl sites for hydroxylation is 1. The van der Waals surface area contributed by atoms with E-state index in [1.165, 1.54) is 11.3 Å². The standard InChI is InChI=1S/C18H22N2OS/c1-15-4-2-5-16(14-15)20-11-9-19(10-12-20)8-7-17(21)18-6-3-13-22-18/h2-6,13-14H,7-12H2,1H3. The van der Waals surface area contributed by atoms with Gasteiger partial charge in [0.25, 0.3) is 0 Å². The van der Waals surface area contributed by atoms with E-state index in [9.17, 15) is 4.79 Å². The highest BCUT2D eigenvalue weighted by Gasteiger charge is 2.18. The van der Waals surface area contributed by atoms with Gasteiger partial charge in [-0.2, -0.15) is 0 Å². The van der Waals surface area contributed by atoms with Crippen molar-refractivity contribution in [3.63, 3.8) is 0 Å². The van der Waals surface area contributed by atoms with Crippen LogP contribution in [0, 0.1) is 6.92 Å². The molecule has 0 radical (unpaired) electrons. The SMILES string of the molecule is Cc1cccc(N2CCN(CCC(=O)c3cccs3)CC2)c1. The van der Waals surface area contributed by atoms with Crippen LogP contribution in [0.4, 0.5) is 5.69 Å². The Labute approximate surface area is 136 Å². The molecule has 0 amide bonds. The van der Waals surface area contributed by atoms with Gasteiger partial charge in [0.05, 0.1) is 4.88 Å². The van der Waals surface area contributed by atoms with E-state index in [0.29, 0.717) is 6.42 Å². The van der Waals surface area contributed by atoms with Crippen LogP contribution in [0.3, 0.4) is 0 Å². The predicted molar refractivity (Wildman–Crippen MR) is 93.1 cm³/mol. The molecule has 1 aromatic heterocycles. The fourth-order valence-electron chi connectivity index (χ4n) is 2.87. The summed E-state index contributed by atoms with van der Waals surface area (Å²) in [7, 11) is 0. The highest BCUT2D eigenvalue weighted by atomic mass is 32.1. The zero-order valence-electron chi connectivity index (χ0n) is 13.0. The lowest BCUT2D eigenvalue weighted by atomic mass is 10.2. The quantitative estimate of drug-likeness (QED) is 0.790. The molecule has 0 spiro atoms. The minimum atomic E-state index is 0.274. The van der Waals surface area contributed by atoms with Crippen molar-refractivity contribution in [1.82, 2.24) is 4.90 Å². The molecule has 1 saturated heterocycles. The average molecular weight is 314 g/mol. The van der Waals surface area contributed by atoms with E-state index in [1.807, 2.05) is 17.5 Å². The molecule has 3 nitrogen and oxygen atoms in total. The summed E-state index contributed by atoms with van der Waals surface area (Å²) in [6.45, 7) is 7.15. The first-order valence-electron chi connectivity index (χ1n) is 7.83. The molecule has 22 heavy (non-hydrogen) atoms. The summed E-state index contributed by atoms with van der Waals surface area (Å²) in [6.07, 6.45) is 0.630. The summed E-state index contributed by atoms with van der Waals surface area (Å²) in [5.41, 5.74) is 2.62. The number of nitrogens with zero attached hydrogens (tertiary/aromatic N) is 2. The third kappa shape index (κ3) is 3.76. The van der Waals surface area contributed by atoms with Gasteiger partial charge in [-0.3, -0.25) is 9.69 Å². The van der Waals surface area contributed by atoms with E-state index in [-0.39, 0.29) is 5.78 Å². The Morgan fingerprint density at radius 3 is 2.64 bits per heavy atom. The van der Waals surface area contributed by atoms with Gasteiger partial charge in [-0.15, -0.1) is 11.3 Å². The van der Waals surface area contributed by atoms with Crippen molar-refractivity contribution >= 4 is 22.8 Å². The fraction of sp³-hybridized carbons (Fsp3) is 0.389. The maximum Gasteiger partial charge on any atom is 0.174 e. The largest absolute Gasteiger partial charge is 0.369 e. The van der Waals surface area contributed by atoms with Crippen molar-refractivity contribution in [2.24, 2.45) is 0 Å². The number of hydrogen-bond donors (Lipinski definition) is 0.